The van der Waals surface area contributed by atoms with Crippen molar-refractivity contribution in [2.24, 2.45) is 0 Å². The number of nitrogens with zero attached hydrogens (tertiary/aromatic N) is 1. The Morgan fingerprint density at radius 1 is 1.32 bits per heavy atom. The Bertz CT molecular complexity index is 524. The van der Waals surface area contributed by atoms with E-state index >= 15 is 0 Å². The van der Waals surface area contributed by atoms with Crippen LogP contribution in [0.15, 0.2) is 24.3 Å². The lowest BCUT2D eigenvalue weighted by Gasteiger charge is -2.33. The van der Waals surface area contributed by atoms with Gasteiger partial charge in [-0.05, 0) is 37.3 Å². The van der Waals surface area contributed by atoms with E-state index < -0.39 is 6.10 Å². The van der Waals surface area contributed by atoms with E-state index in [2.05, 4.69) is 41.4 Å². The number of rotatable bonds is 8. The highest BCUT2D eigenvalue weighted by molar-refractivity contribution is 5.83. The molecule has 0 saturated carbocycles. The van der Waals surface area contributed by atoms with Crippen LogP contribution in [0.25, 0.3) is 0 Å². The molecule has 2 rings (SSSR count). The van der Waals surface area contributed by atoms with Gasteiger partial charge in [0.1, 0.15) is 0 Å². The Morgan fingerprint density at radius 2 is 1.96 bits per heavy atom. The Kier molecular flexibility index (Phi) is 7.88. The molecule has 1 aromatic rings. The minimum absolute atomic E-state index is 0.0992. The number of hydrogen-bond donors (Lipinski definition) is 2. The molecule has 1 heterocycles. The first-order chi connectivity index (χ1) is 12.0. The number of hydrogen-bond acceptors (Lipinski definition) is 4. The largest absolute Gasteiger partial charge is 0.389 e. The van der Waals surface area contributed by atoms with Crippen LogP contribution >= 0.6 is 0 Å². The zero-order valence-electron chi connectivity index (χ0n) is 15.7. The van der Waals surface area contributed by atoms with Crippen molar-refractivity contribution in [3.63, 3.8) is 0 Å². The minimum atomic E-state index is -0.442. The first-order valence-corrected chi connectivity index (χ1v) is 9.32. The summed E-state index contributed by atoms with van der Waals surface area (Å²) < 4.78 is 4.97. The lowest BCUT2D eigenvalue weighted by atomic mass is 9.97. The van der Waals surface area contributed by atoms with E-state index in [1.165, 1.54) is 5.56 Å². The summed E-state index contributed by atoms with van der Waals surface area (Å²) >= 11 is 0. The fraction of sp³-hybridized carbons (Fsp3) is 0.650. The highest BCUT2D eigenvalue weighted by Crippen LogP contribution is 2.18. The van der Waals surface area contributed by atoms with Gasteiger partial charge in [-0.25, -0.2) is 0 Å². The van der Waals surface area contributed by atoms with Crippen LogP contribution in [-0.4, -0.2) is 61.4 Å². The SMILES string of the molecule is CCc1ccc(C(C)C(=O)NC2CCN(CC(O)COC)CC2)cc1. The van der Waals surface area contributed by atoms with Crippen molar-refractivity contribution in [3.05, 3.63) is 35.4 Å². The number of β-amino-alcohol motifs (C(OH)–C–C–N with tert-alkyl or cyclic N) is 1. The first kappa shape index (κ1) is 19.9. The van der Waals surface area contributed by atoms with Crippen molar-refractivity contribution in [2.45, 2.75) is 51.2 Å². The molecule has 140 valence electrons. The third-order valence-corrected chi connectivity index (χ3v) is 5.04. The molecule has 25 heavy (non-hydrogen) atoms. The van der Waals surface area contributed by atoms with Gasteiger partial charge in [0.25, 0.3) is 0 Å². The summed E-state index contributed by atoms with van der Waals surface area (Å²) in [5.74, 6) is -0.0328. The normalized spacial score (nSPS) is 18.7. The van der Waals surface area contributed by atoms with Crippen LogP contribution in [-0.2, 0) is 16.0 Å². The summed E-state index contributed by atoms with van der Waals surface area (Å²) in [4.78, 5) is 14.8. The van der Waals surface area contributed by atoms with Gasteiger partial charge < -0.3 is 20.1 Å². The van der Waals surface area contributed by atoms with Gasteiger partial charge in [0, 0.05) is 32.8 Å². The minimum Gasteiger partial charge on any atom is -0.389 e. The van der Waals surface area contributed by atoms with Gasteiger partial charge in [-0.1, -0.05) is 31.2 Å². The Labute approximate surface area is 151 Å². The quantitative estimate of drug-likeness (QED) is 0.754. The van der Waals surface area contributed by atoms with Crippen molar-refractivity contribution in [1.29, 1.82) is 0 Å². The summed E-state index contributed by atoms with van der Waals surface area (Å²) in [6, 6.07) is 8.54. The van der Waals surface area contributed by atoms with E-state index in [1.54, 1.807) is 7.11 Å². The molecule has 1 aromatic carbocycles. The van der Waals surface area contributed by atoms with E-state index in [1.807, 2.05) is 6.92 Å². The predicted octanol–water partition coefficient (Wildman–Crippen LogP) is 1.94. The van der Waals surface area contributed by atoms with E-state index in [4.69, 9.17) is 4.74 Å². The summed E-state index contributed by atoms with van der Waals surface area (Å²) in [6.07, 6.45) is 2.42. The lowest BCUT2D eigenvalue weighted by molar-refractivity contribution is -0.123. The molecule has 2 unspecified atom stereocenters. The van der Waals surface area contributed by atoms with Gasteiger partial charge >= 0.3 is 0 Å². The molecule has 1 fully saturated rings. The average molecular weight is 348 g/mol. The Morgan fingerprint density at radius 3 is 2.52 bits per heavy atom. The van der Waals surface area contributed by atoms with E-state index in [9.17, 15) is 9.90 Å². The van der Waals surface area contributed by atoms with Gasteiger partial charge in [-0.2, -0.15) is 0 Å². The number of methoxy groups -OCH3 is 1. The monoisotopic (exact) mass is 348 g/mol. The number of carbonyl (C=O) groups is 1. The van der Waals surface area contributed by atoms with Crippen LogP contribution in [0.4, 0.5) is 0 Å². The maximum Gasteiger partial charge on any atom is 0.227 e. The molecule has 1 aliphatic rings. The molecule has 2 N–H and O–H groups in total. The fourth-order valence-electron chi connectivity index (χ4n) is 3.32. The molecule has 0 aliphatic carbocycles. The number of benzene rings is 1. The fourth-order valence-corrected chi connectivity index (χ4v) is 3.32. The Hall–Kier alpha value is -1.43. The zero-order valence-corrected chi connectivity index (χ0v) is 15.7. The number of aliphatic hydroxyl groups is 1. The number of nitrogens with one attached hydrogen (secondary N) is 1. The second-order valence-electron chi connectivity index (χ2n) is 7.01. The number of carbonyl (C=O) groups excluding carboxylic acids is 1. The van der Waals surface area contributed by atoms with Gasteiger partial charge in [0.05, 0.1) is 18.6 Å². The van der Waals surface area contributed by atoms with Crippen LogP contribution < -0.4 is 5.32 Å². The number of likely N-dealkylation sites (tertiary alicyclic amines) is 1. The second kappa shape index (κ2) is 9.90. The molecule has 1 amide bonds. The second-order valence-corrected chi connectivity index (χ2v) is 7.01. The molecular weight excluding hydrogens is 316 g/mol. The first-order valence-electron chi connectivity index (χ1n) is 9.32. The van der Waals surface area contributed by atoms with Crippen molar-refractivity contribution in [1.82, 2.24) is 10.2 Å². The van der Waals surface area contributed by atoms with Crippen molar-refractivity contribution in [3.8, 4) is 0 Å². The van der Waals surface area contributed by atoms with Gasteiger partial charge in [-0.15, -0.1) is 0 Å². The number of ether oxygens (including phenoxy) is 1. The summed E-state index contributed by atoms with van der Waals surface area (Å²) in [6.45, 7) is 6.88. The van der Waals surface area contributed by atoms with E-state index in [0.29, 0.717) is 13.2 Å². The van der Waals surface area contributed by atoms with Gasteiger partial charge in [-0.3, -0.25) is 4.79 Å². The standard InChI is InChI=1S/C20H32N2O3/c1-4-16-5-7-17(8-6-16)15(2)20(24)21-18-9-11-22(12-10-18)13-19(23)14-25-3/h5-8,15,18-19,23H,4,9-14H2,1-3H3,(H,21,24). The number of piperidine rings is 1. The smallest absolute Gasteiger partial charge is 0.227 e. The third kappa shape index (κ3) is 6.10. The lowest BCUT2D eigenvalue weighted by Crippen LogP contribution is -2.47. The van der Waals surface area contributed by atoms with E-state index in [0.717, 1.165) is 37.9 Å². The van der Waals surface area contributed by atoms with Crippen molar-refractivity contribution < 1.29 is 14.6 Å². The molecule has 5 nitrogen and oxygen atoms in total. The molecule has 1 saturated heterocycles. The highest BCUT2D eigenvalue weighted by atomic mass is 16.5. The summed E-state index contributed by atoms with van der Waals surface area (Å²) in [5.41, 5.74) is 2.36. The number of aryl methyl sites for hydroxylation is 1. The topological polar surface area (TPSA) is 61.8 Å². The van der Waals surface area contributed by atoms with Crippen molar-refractivity contribution in [2.75, 3.05) is 33.4 Å². The molecule has 2 atom stereocenters. The van der Waals surface area contributed by atoms with E-state index in [-0.39, 0.29) is 17.9 Å². The van der Waals surface area contributed by atoms with Crippen LogP contribution in [0.1, 0.15) is 43.7 Å². The maximum atomic E-state index is 12.5. The maximum absolute atomic E-state index is 12.5. The van der Waals surface area contributed by atoms with Crippen LogP contribution in [0.3, 0.4) is 0 Å². The molecule has 0 spiro atoms. The third-order valence-electron chi connectivity index (χ3n) is 5.04. The molecule has 0 aromatic heterocycles. The van der Waals surface area contributed by atoms with Crippen LogP contribution in [0, 0.1) is 0 Å². The van der Waals surface area contributed by atoms with Gasteiger partial charge in [0.15, 0.2) is 0 Å². The summed E-state index contributed by atoms with van der Waals surface area (Å²) in [5, 5.41) is 13.0. The number of amides is 1. The average Bonchev–Trinajstić information content (AvgIpc) is 2.63. The molecule has 1 aliphatic heterocycles. The highest BCUT2D eigenvalue weighted by Gasteiger charge is 2.24. The molecule has 0 bridgehead atoms. The van der Waals surface area contributed by atoms with Crippen molar-refractivity contribution >= 4 is 5.91 Å². The number of aliphatic hydroxyl groups excluding tert-OH is 1. The predicted molar refractivity (Wildman–Crippen MR) is 99.7 cm³/mol. The Balaban J connectivity index is 1.77. The molecular formula is C20H32N2O3. The van der Waals surface area contributed by atoms with Crippen LogP contribution in [0.5, 0.6) is 0 Å². The van der Waals surface area contributed by atoms with Gasteiger partial charge in [0.2, 0.25) is 5.91 Å². The molecule has 5 heteroatoms. The summed E-state index contributed by atoms with van der Waals surface area (Å²) in [7, 11) is 1.60. The zero-order chi connectivity index (χ0) is 18.2. The van der Waals surface area contributed by atoms with Crippen LogP contribution in [0.2, 0.25) is 0 Å². The molecule has 0 radical (unpaired) electrons.